The molecule has 0 radical (unpaired) electrons. The fraction of sp³-hybridized carbons (Fsp3) is 0.714. The summed E-state index contributed by atoms with van der Waals surface area (Å²) in [6.45, 7) is 4.61. The summed E-state index contributed by atoms with van der Waals surface area (Å²) >= 11 is 2.00. The molecule has 94 valence electrons. The maximum absolute atomic E-state index is 4.35. The van der Waals surface area contributed by atoms with Crippen LogP contribution in [0.2, 0.25) is 0 Å². The van der Waals surface area contributed by atoms with Gasteiger partial charge >= 0.3 is 0 Å². The van der Waals surface area contributed by atoms with E-state index in [1.54, 1.807) is 0 Å². The van der Waals surface area contributed by atoms with Crippen LogP contribution in [0.1, 0.15) is 44.9 Å². The standard InChI is InChI=1S/C14H22N2S/c1-10(14-15-5-4-6-16-14)7-12-8-13(9-12)11(2)17-3/h4-6,10-13H,7-9H2,1-3H3. The van der Waals surface area contributed by atoms with Gasteiger partial charge in [0, 0.05) is 23.6 Å². The second-order valence-electron chi connectivity index (χ2n) is 5.28. The van der Waals surface area contributed by atoms with Crippen LogP contribution in [0.4, 0.5) is 0 Å². The minimum Gasteiger partial charge on any atom is -0.241 e. The molecule has 0 spiro atoms. The van der Waals surface area contributed by atoms with E-state index < -0.39 is 0 Å². The highest BCUT2D eigenvalue weighted by Gasteiger charge is 2.33. The van der Waals surface area contributed by atoms with E-state index in [1.807, 2.05) is 30.2 Å². The van der Waals surface area contributed by atoms with Gasteiger partial charge in [0.1, 0.15) is 5.82 Å². The second-order valence-corrected chi connectivity index (χ2v) is 6.50. The molecule has 0 aromatic carbocycles. The Bertz CT molecular complexity index is 335. The number of hydrogen-bond acceptors (Lipinski definition) is 3. The lowest BCUT2D eigenvalue weighted by Crippen LogP contribution is -2.31. The fourth-order valence-electron chi connectivity index (χ4n) is 2.73. The predicted molar refractivity (Wildman–Crippen MR) is 74.3 cm³/mol. The molecule has 1 aliphatic rings. The Morgan fingerprint density at radius 3 is 2.53 bits per heavy atom. The highest BCUT2D eigenvalue weighted by Crippen LogP contribution is 2.43. The van der Waals surface area contributed by atoms with Crippen LogP contribution in [0.15, 0.2) is 18.5 Å². The number of thioether (sulfide) groups is 1. The molecule has 3 heteroatoms. The quantitative estimate of drug-likeness (QED) is 0.796. The first-order valence-electron chi connectivity index (χ1n) is 6.50. The van der Waals surface area contributed by atoms with Crippen LogP contribution in [0, 0.1) is 11.8 Å². The third kappa shape index (κ3) is 3.21. The molecule has 2 rings (SSSR count). The molecule has 0 amide bonds. The molecule has 0 N–H and O–H groups in total. The van der Waals surface area contributed by atoms with Gasteiger partial charge in [-0.1, -0.05) is 13.8 Å². The normalized spacial score (nSPS) is 27.2. The summed E-state index contributed by atoms with van der Waals surface area (Å²) < 4.78 is 0. The highest BCUT2D eigenvalue weighted by atomic mass is 32.2. The van der Waals surface area contributed by atoms with Crippen molar-refractivity contribution in [3.8, 4) is 0 Å². The van der Waals surface area contributed by atoms with Crippen molar-refractivity contribution in [1.82, 2.24) is 9.97 Å². The Labute approximate surface area is 109 Å². The van der Waals surface area contributed by atoms with Gasteiger partial charge in [0.15, 0.2) is 0 Å². The zero-order chi connectivity index (χ0) is 12.3. The van der Waals surface area contributed by atoms with Gasteiger partial charge in [0.05, 0.1) is 0 Å². The van der Waals surface area contributed by atoms with Crippen molar-refractivity contribution >= 4 is 11.8 Å². The average Bonchev–Trinajstić information content (AvgIpc) is 2.33. The Morgan fingerprint density at radius 2 is 1.94 bits per heavy atom. The van der Waals surface area contributed by atoms with Gasteiger partial charge in [-0.2, -0.15) is 11.8 Å². The molecule has 1 fully saturated rings. The summed E-state index contributed by atoms with van der Waals surface area (Å²) in [5.41, 5.74) is 0. The predicted octanol–water partition coefficient (Wildman–Crippen LogP) is 3.75. The molecule has 1 heterocycles. The molecule has 2 nitrogen and oxygen atoms in total. The molecule has 0 saturated heterocycles. The molecule has 0 bridgehead atoms. The molecule has 17 heavy (non-hydrogen) atoms. The Balaban J connectivity index is 1.77. The fourth-order valence-corrected chi connectivity index (χ4v) is 3.33. The van der Waals surface area contributed by atoms with Gasteiger partial charge in [0.25, 0.3) is 0 Å². The Hall–Kier alpha value is -0.570. The van der Waals surface area contributed by atoms with Gasteiger partial charge in [-0.05, 0) is 43.4 Å². The summed E-state index contributed by atoms with van der Waals surface area (Å²) in [6, 6.07) is 1.88. The van der Waals surface area contributed by atoms with Crippen molar-refractivity contribution in [3.63, 3.8) is 0 Å². The minimum atomic E-state index is 0.506. The van der Waals surface area contributed by atoms with Crippen molar-refractivity contribution in [1.29, 1.82) is 0 Å². The van der Waals surface area contributed by atoms with E-state index in [-0.39, 0.29) is 0 Å². The van der Waals surface area contributed by atoms with E-state index >= 15 is 0 Å². The van der Waals surface area contributed by atoms with E-state index in [4.69, 9.17) is 0 Å². The number of aromatic nitrogens is 2. The third-order valence-corrected chi connectivity index (χ3v) is 5.15. The topological polar surface area (TPSA) is 25.8 Å². The lowest BCUT2D eigenvalue weighted by Gasteiger charge is -2.39. The van der Waals surface area contributed by atoms with Crippen LogP contribution >= 0.6 is 11.8 Å². The summed E-state index contributed by atoms with van der Waals surface area (Å²) in [5, 5.41) is 0.828. The summed E-state index contributed by atoms with van der Waals surface area (Å²) in [7, 11) is 0. The van der Waals surface area contributed by atoms with Crippen molar-refractivity contribution in [3.05, 3.63) is 24.3 Å². The molecule has 1 aromatic rings. The van der Waals surface area contributed by atoms with Crippen LogP contribution in [0.25, 0.3) is 0 Å². The van der Waals surface area contributed by atoms with E-state index in [0.29, 0.717) is 5.92 Å². The average molecular weight is 250 g/mol. The van der Waals surface area contributed by atoms with Crippen molar-refractivity contribution in [2.45, 2.75) is 44.3 Å². The van der Waals surface area contributed by atoms with Gasteiger partial charge in [-0.25, -0.2) is 9.97 Å². The van der Waals surface area contributed by atoms with E-state index in [9.17, 15) is 0 Å². The molecule has 2 unspecified atom stereocenters. The van der Waals surface area contributed by atoms with Crippen molar-refractivity contribution in [2.75, 3.05) is 6.26 Å². The molecule has 1 aliphatic carbocycles. The number of hydrogen-bond donors (Lipinski definition) is 0. The molecule has 1 aromatic heterocycles. The first-order valence-corrected chi connectivity index (χ1v) is 7.79. The van der Waals surface area contributed by atoms with Crippen LogP contribution < -0.4 is 0 Å². The maximum atomic E-state index is 4.35. The molecule has 2 atom stereocenters. The Morgan fingerprint density at radius 1 is 1.29 bits per heavy atom. The van der Waals surface area contributed by atoms with Gasteiger partial charge < -0.3 is 0 Å². The van der Waals surface area contributed by atoms with Crippen LogP contribution in [0.3, 0.4) is 0 Å². The van der Waals surface area contributed by atoms with Gasteiger partial charge in [0.2, 0.25) is 0 Å². The third-order valence-electron chi connectivity index (χ3n) is 4.02. The molecule has 1 saturated carbocycles. The summed E-state index contributed by atoms with van der Waals surface area (Å²) in [5.74, 6) is 3.35. The summed E-state index contributed by atoms with van der Waals surface area (Å²) in [6.07, 6.45) is 9.97. The number of rotatable bonds is 5. The van der Waals surface area contributed by atoms with Crippen LogP contribution in [-0.4, -0.2) is 21.5 Å². The van der Waals surface area contributed by atoms with E-state index in [0.717, 1.165) is 22.9 Å². The zero-order valence-corrected chi connectivity index (χ0v) is 11.8. The smallest absolute Gasteiger partial charge is 0.130 e. The zero-order valence-electron chi connectivity index (χ0n) is 11.0. The SMILES string of the molecule is CSC(C)C1CC(CC(C)c2ncccn2)C1. The first kappa shape index (κ1) is 12.9. The van der Waals surface area contributed by atoms with Gasteiger partial charge in [-0.3, -0.25) is 0 Å². The second kappa shape index (κ2) is 5.85. The molecule has 0 aliphatic heterocycles. The first-order chi connectivity index (χ1) is 8.20. The van der Waals surface area contributed by atoms with Crippen molar-refractivity contribution < 1.29 is 0 Å². The molecular formula is C14H22N2S. The van der Waals surface area contributed by atoms with Crippen molar-refractivity contribution in [2.24, 2.45) is 11.8 Å². The highest BCUT2D eigenvalue weighted by molar-refractivity contribution is 7.99. The minimum absolute atomic E-state index is 0.506. The van der Waals surface area contributed by atoms with E-state index in [1.165, 1.54) is 19.3 Å². The lowest BCUT2D eigenvalue weighted by atomic mass is 9.70. The van der Waals surface area contributed by atoms with E-state index in [2.05, 4.69) is 30.1 Å². The lowest BCUT2D eigenvalue weighted by molar-refractivity contribution is 0.173. The summed E-state index contributed by atoms with van der Waals surface area (Å²) in [4.78, 5) is 8.69. The van der Waals surface area contributed by atoms with Crippen LogP contribution in [0.5, 0.6) is 0 Å². The Kier molecular flexibility index (Phi) is 4.43. The van der Waals surface area contributed by atoms with Gasteiger partial charge in [-0.15, -0.1) is 0 Å². The molecular weight excluding hydrogens is 228 g/mol. The van der Waals surface area contributed by atoms with Crippen LogP contribution in [-0.2, 0) is 0 Å². The monoisotopic (exact) mass is 250 g/mol. The maximum Gasteiger partial charge on any atom is 0.130 e. The largest absolute Gasteiger partial charge is 0.241 e. The number of nitrogens with zero attached hydrogens (tertiary/aromatic N) is 2.